The summed E-state index contributed by atoms with van der Waals surface area (Å²) in [6, 6.07) is 8.65. The van der Waals surface area contributed by atoms with Gasteiger partial charge >= 0.3 is 0 Å². The Morgan fingerprint density at radius 3 is 2.65 bits per heavy atom. The SMILES string of the molecule is C[C@H]([C@H](CC(=O)c1cccc[n+]1[O-])c1cccc(F)c1)[N+](=O)[O-]. The minimum Gasteiger partial charge on any atom is -0.618 e. The molecule has 6 nitrogen and oxygen atoms in total. The van der Waals surface area contributed by atoms with Crippen LogP contribution in [0.4, 0.5) is 4.39 Å². The lowest BCUT2D eigenvalue weighted by Gasteiger charge is -2.18. The van der Waals surface area contributed by atoms with Gasteiger partial charge in [-0.05, 0) is 23.8 Å². The van der Waals surface area contributed by atoms with Crippen LogP contribution in [0.5, 0.6) is 0 Å². The highest BCUT2D eigenvalue weighted by atomic mass is 19.1. The molecule has 1 aromatic carbocycles. The zero-order valence-electron chi connectivity index (χ0n) is 12.4. The third-order valence-electron chi connectivity index (χ3n) is 3.71. The number of rotatable bonds is 6. The monoisotopic (exact) mass is 318 g/mol. The van der Waals surface area contributed by atoms with Crippen LogP contribution < -0.4 is 4.73 Å². The zero-order valence-corrected chi connectivity index (χ0v) is 12.4. The molecule has 0 unspecified atom stereocenters. The first-order valence-electron chi connectivity index (χ1n) is 7.00. The number of Topliss-reactive ketones (excluding diaryl/α,β-unsaturated/α-hetero) is 1. The Balaban J connectivity index is 2.33. The molecule has 1 aromatic heterocycles. The van der Waals surface area contributed by atoms with Crippen molar-refractivity contribution in [2.75, 3.05) is 0 Å². The van der Waals surface area contributed by atoms with E-state index in [1.165, 1.54) is 55.6 Å². The molecule has 0 N–H and O–H groups in total. The van der Waals surface area contributed by atoms with Gasteiger partial charge in [0.05, 0.1) is 5.92 Å². The highest BCUT2D eigenvalue weighted by Crippen LogP contribution is 2.27. The molecule has 23 heavy (non-hydrogen) atoms. The van der Waals surface area contributed by atoms with Crippen LogP contribution in [0.25, 0.3) is 0 Å². The van der Waals surface area contributed by atoms with Crippen LogP contribution in [-0.4, -0.2) is 16.7 Å². The Kier molecular flexibility index (Phi) is 5.00. The normalized spacial score (nSPS) is 13.3. The van der Waals surface area contributed by atoms with E-state index in [0.29, 0.717) is 10.3 Å². The molecule has 0 saturated heterocycles. The molecule has 2 atom stereocenters. The van der Waals surface area contributed by atoms with Crippen molar-refractivity contribution >= 4 is 5.78 Å². The van der Waals surface area contributed by atoms with Crippen LogP contribution in [0.2, 0.25) is 0 Å². The number of aromatic nitrogens is 1. The average Bonchev–Trinajstić information content (AvgIpc) is 2.52. The summed E-state index contributed by atoms with van der Waals surface area (Å²) in [6.07, 6.45) is 0.930. The quantitative estimate of drug-likeness (QED) is 0.269. The fourth-order valence-corrected chi connectivity index (χ4v) is 2.40. The Bertz CT molecular complexity index is 736. The first-order chi connectivity index (χ1) is 10.9. The van der Waals surface area contributed by atoms with E-state index in [-0.39, 0.29) is 12.1 Å². The highest BCUT2D eigenvalue weighted by Gasteiger charge is 2.32. The second kappa shape index (κ2) is 6.95. The molecule has 0 bridgehead atoms. The summed E-state index contributed by atoms with van der Waals surface area (Å²) >= 11 is 0. The molecule has 2 rings (SSSR count). The van der Waals surface area contributed by atoms with Crippen molar-refractivity contribution in [1.29, 1.82) is 0 Å². The van der Waals surface area contributed by atoms with E-state index in [0.717, 1.165) is 0 Å². The molecule has 0 aliphatic rings. The third kappa shape index (κ3) is 3.88. The summed E-state index contributed by atoms with van der Waals surface area (Å²) in [7, 11) is 0. The van der Waals surface area contributed by atoms with Gasteiger partial charge in [0.15, 0.2) is 6.20 Å². The summed E-state index contributed by atoms with van der Waals surface area (Å²) in [5, 5.41) is 22.8. The molecule has 0 saturated carbocycles. The summed E-state index contributed by atoms with van der Waals surface area (Å²) in [4.78, 5) is 22.9. The molecule has 2 aromatic rings. The number of hydrogen-bond acceptors (Lipinski definition) is 4. The van der Waals surface area contributed by atoms with E-state index in [9.17, 15) is 24.5 Å². The Morgan fingerprint density at radius 2 is 2.04 bits per heavy atom. The summed E-state index contributed by atoms with van der Waals surface area (Å²) in [5.41, 5.74) is 0.264. The van der Waals surface area contributed by atoms with E-state index in [4.69, 9.17) is 0 Å². The summed E-state index contributed by atoms with van der Waals surface area (Å²) in [5.74, 6) is -1.88. The van der Waals surface area contributed by atoms with Crippen molar-refractivity contribution in [2.45, 2.75) is 25.3 Å². The van der Waals surface area contributed by atoms with Gasteiger partial charge in [-0.1, -0.05) is 12.1 Å². The van der Waals surface area contributed by atoms with E-state index < -0.39 is 28.5 Å². The first-order valence-corrected chi connectivity index (χ1v) is 7.00. The Hall–Kier alpha value is -2.83. The molecule has 0 aliphatic heterocycles. The Labute approximate surface area is 131 Å². The molecule has 7 heteroatoms. The molecule has 0 fully saturated rings. The lowest BCUT2D eigenvalue weighted by molar-refractivity contribution is -0.607. The second-order valence-corrected chi connectivity index (χ2v) is 5.23. The number of carbonyl (C=O) groups excluding carboxylic acids is 1. The number of carbonyl (C=O) groups is 1. The molecule has 0 spiro atoms. The van der Waals surface area contributed by atoms with Crippen LogP contribution in [0.3, 0.4) is 0 Å². The number of ketones is 1. The van der Waals surface area contributed by atoms with Gasteiger partial charge in [0.25, 0.3) is 5.69 Å². The van der Waals surface area contributed by atoms with Gasteiger partial charge in [0, 0.05) is 30.4 Å². The fourth-order valence-electron chi connectivity index (χ4n) is 2.40. The molecule has 120 valence electrons. The number of halogens is 1. The van der Waals surface area contributed by atoms with Crippen molar-refractivity contribution in [3.63, 3.8) is 0 Å². The van der Waals surface area contributed by atoms with Crippen molar-refractivity contribution in [3.8, 4) is 0 Å². The predicted molar refractivity (Wildman–Crippen MR) is 79.9 cm³/mol. The van der Waals surface area contributed by atoms with Gasteiger partial charge in [-0.2, -0.15) is 4.73 Å². The van der Waals surface area contributed by atoms with Crippen LogP contribution in [0.1, 0.15) is 35.3 Å². The number of pyridine rings is 1. The van der Waals surface area contributed by atoms with E-state index in [1.54, 1.807) is 0 Å². The summed E-state index contributed by atoms with van der Waals surface area (Å²) in [6.45, 7) is 1.36. The first kappa shape index (κ1) is 16.5. The largest absolute Gasteiger partial charge is 0.618 e. The smallest absolute Gasteiger partial charge is 0.259 e. The zero-order chi connectivity index (χ0) is 17.0. The number of nitro groups is 1. The van der Waals surface area contributed by atoms with Crippen molar-refractivity contribution in [2.24, 2.45) is 0 Å². The summed E-state index contributed by atoms with van der Waals surface area (Å²) < 4.78 is 13.8. The van der Waals surface area contributed by atoms with Gasteiger partial charge in [-0.3, -0.25) is 14.9 Å². The molecular weight excluding hydrogens is 303 g/mol. The molecular formula is C16H15FN2O4. The van der Waals surface area contributed by atoms with Crippen LogP contribution in [0, 0.1) is 21.1 Å². The Morgan fingerprint density at radius 1 is 1.30 bits per heavy atom. The molecule has 0 aliphatic carbocycles. The van der Waals surface area contributed by atoms with Crippen LogP contribution >= 0.6 is 0 Å². The highest BCUT2D eigenvalue weighted by molar-refractivity contribution is 5.93. The van der Waals surface area contributed by atoms with E-state index >= 15 is 0 Å². The molecule has 0 amide bonds. The topological polar surface area (TPSA) is 87.2 Å². The molecule has 1 heterocycles. The lowest BCUT2D eigenvalue weighted by Crippen LogP contribution is -2.35. The van der Waals surface area contributed by atoms with Gasteiger partial charge in [-0.25, -0.2) is 4.39 Å². The van der Waals surface area contributed by atoms with E-state index in [1.807, 2.05) is 0 Å². The lowest BCUT2D eigenvalue weighted by atomic mass is 9.87. The van der Waals surface area contributed by atoms with Crippen molar-refractivity contribution in [1.82, 2.24) is 0 Å². The second-order valence-electron chi connectivity index (χ2n) is 5.23. The van der Waals surface area contributed by atoms with Crippen LogP contribution in [0.15, 0.2) is 48.7 Å². The van der Waals surface area contributed by atoms with Gasteiger partial charge in [0.1, 0.15) is 5.82 Å². The minimum atomic E-state index is -1.09. The molecule has 0 radical (unpaired) electrons. The maximum atomic E-state index is 13.4. The number of nitrogens with zero attached hydrogens (tertiary/aromatic N) is 2. The maximum Gasteiger partial charge on any atom is 0.259 e. The number of benzene rings is 1. The van der Waals surface area contributed by atoms with E-state index in [2.05, 4.69) is 0 Å². The van der Waals surface area contributed by atoms with Crippen LogP contribution in [-0.2, 0) is 0 Å². The maximum absolute atomic E-state index is 13.4. The minimum absolute atomic E-state index is 0.0931. The van der Waals surface area contributed by atoms with Gasteiger partial charge in [0.2, 0.25) is 11.8 Å². The predicted octanol–water partition coefficient (Wildman–Crippen LogP) is 2.48. The van der Waals surface area contributed by atoms with Crippen molar-refractivity contribution in [3.05, 3.63) is 81.1 Å². The van der Waals surface area contributed by atoms with Gasteiger partial charge in [-0.15, -0.1) is 0 Å². The third-order valence-corrected chi connectivity index (χ3v) is 3.71. The van der Waals surface area contributed by atoms with Gasteiger partial charge < -0.3 is 5.21 Å². The standard InChI is InChI=1S/C16H15FN2O4/c1-11(19(22)23)14(12-5-4-6-13(17)9-12)10-16(20)15-7-2-3-8-18(15)21/h2-9,11,14H,10H2,1H3/t11-,14+/m1/s1. The number of hydrogen-bond donors (Lipinski definition) is 0. The average molecular weight is 318 g/mol. The van der Waals surface area contributed by atoms with Crippen molar-refractivity contribution < 1.29 is 18.8 Å². The fraction of sp³-hybridized carbons (Fsp3) is 0.250.